The number of hydrogen-bond donors (Lipinski definition) is 2. The zero-order valence-electron chi connectivity index (χ0n) is 13.8. The number of aromatic nitrogens is 3. The van der Waals surface area contributed by atoms with Crippen LogP contribution in [0.4, 0.5) is 5.69 Å². The molecule has 9 heteroatoms. The summed E-state index contributed by atoms with van der Waals surface area (Å²) >= 11 is 6.23. The maximum absolute atomic E-state index is 11.0. The molecule has 8 nitrogen and oxygen atoms in total. The Balaban J connectivity index is 2.17. The second-order valence-electron chi connectivity index (χ2n) is 5.63. The maximum Gasteiger partial charge on any atom is 0.315 e. The van der Waals surface area contributed by atoms with Gasteiger partial charge >= 0.3 is 5.69 Å². The number of aryl methyl sites for hydroxylation is 2. The second kappa shape index (κ2) is 6.57. The number of nitro groups is 1. The van der Waals surface area contributed by atoms with Gasteiger partial charge in [0.05, 0.1) is 16.2 Å². The second-order valence-corrected chi connectivity index (χ2v) is 5.99. The molecule has 0 aliphatic rings. The van der Waals surface area contributed by atoms with Gasteiger partial charge in [-0.1, -0.05) is 11.6 Å². The zero-order valence-corrected chi connectivity index (χ0v) is 14.5. The number of nitrogens with zero attached hydrogens (tertiary/aromatic N) is 4. The van der Waals surface area contributed by atoms with Crippen molar-refractivity contribution in [3.63, 3.8) is 0 Å². The number of rotatable bonds is 3. The largest absolute Gasteiger partial charge is 0.504 e. The molecule has 2 heterocycles. The van der Waals surface area contributed by atoms with Crippen molar-refractivity contribution in [2.24, 2.45) is 0 Å². The van der Waals surface area contributed by atoms with Gasteiger partial charge in [-0.25, -0.2) is 15.0 Å². The molecule has 0 saturated heterocycles. The van der Waals surface area contributed by atoms with Crippen LogP contribution in [0.2, 0.25) is 5.15 Å². The molecule has 26 heavy (non-hydrogen) atoms. The van der Waals surface area contributed by atoms with Gasteiger partial charge in [0, 0.05) is 23.5 Å². The van der Waals surface area contributed by atoms with E-state index in [2.05, 4.69) is 15.0 Å². The van der Waals surface area contributed by atoms with Crippen LogP contribution in [0.25, 0.3) is 22.6 Å². The van der Waals surface area contributed by atoms with Crippen molar-refractivity contribution in [2.45, 2.75) is 13.8 Å². The molecule has 0 radical (unpaired) electrons. The summed E-state index contributed by atoms with van der Waals surface area (Å²) in [6.07, 6.45) is 1.48. The van der Waals surface area contributed by atoms with Crippen molar-refractivity contribution in [1.29, 1.82) is 0 Å². The Kier molecular flexibility index (Phi) is 4.43. The normalized spacial score (nSPS) is 10.7. The van der Waals surface area contributed by atoms with Crippen LogP contribution < -0.4 is 0 Å². The topological polar surface area (TPSA) is 122 Å². The van der Waals surface area contributed by atoms with Gasteiger partial charge in [-0.3, -0.25) is 10.1 Å². The summed E-state index contributed by atoms with van der Waals surface area (Å²) in [5.74, 6) is -1.11. The van der Waals surface area contributed by atoms with Crippen molar-refractivity contribution < 1.29 is 15.1 Å². The molecule has 3 rings (SSSR count). The minimum atomic E-state index is -0.797. The van der Waals surface area contributed by atoms with Gasteiger partial charge < -0.3 is 10.2 Å². The molecular formula is C17H13ClN4O4. The third kappa shape index (κ3) is 3.14. The Morgan fingerprint density at radius 1 is 1.15 bits per heavy atom. The van der Waals surface area contributed by atoms with Crippen LogP contribution in [0, 0.1) is 24.0 Å². The molecule has 0 saturated carbocycles. The van der Waals surface area contributed by atoms with E-state index in [0.29, 0.717) is 17.1 Å². The van der Waals surface area contributed by atoms with Gasteiger partial charge in [0.15, 0.2) is 11.6 Å². The smallest absolute Gasteiger partial charge is 0.315 e. The molecule has 0 atom stereocenters. The number of aromatic hydroxyl groups is 2. The third-order valence-electron chi connectivity index (χ3n) is 3.74. The Hall–Kier alpha value is -3.26. The fourth-order valence-electron chi connectivity index (χ4n) is 2.59. The number of pyridine rings is 1. The van der Waals surface area contributed by atoms with Crippen LogP contribution in [-0.4, -0.2) is 30.1 Å². The van der Waals surface area contributed by atoms with Gasteiger partial charge in [-0.05, 0) is 37.6 Å². The van der Waals surface area contributed by atoms with E-state index in [0.717, 1.165) is 17.3 Å². The fraction of sp³-hybridized carbons (Fsp3) is 0.118. The van der Waals surface area contributed by atoms with Crippen LogP contribution >= 0.6 is 11.6 Å². The fourth-order valence-corrected chi connectivity index (χ4v) is 2.96. The first-order valence-electron chi connectivity index (χ1n) is 7.46. The summed E-state index contributed by atoms with van der Waals surface area (Å²) < 4.78 is 0. The molecule has 0 fully saturated rings. The van der Waals surface area contributed by atoms with E-state index in [4.69, 9.17) is 11.6 Å². The predicted octanol–water partition coefficient (Wildman–Crippen LogP) is 3.80. The number of nitro benzene ring substituents is 1. The number of hydrogen-bond acceptors (Lipinski definition) is 7. The lowest BCUT2D eigenvalue weighted by molar-refractivity contribution is -0.385. The standard InChI is InChI=1S/C17H13ClN4O4/c1-8-5-9(2)20-16(18)14(8)17-19-4-3-11(21-17)10-6-12(22(25)26)15(24)13(23)7-10/h3-7,23-24H,1-2H3. The van der Waals surface area contributed by atoms with E-state index in [-0.39, 0.29) is 10.7 Å². The quantitative estimate of drug-likeness (QED) is 0.310. The van der Waals surface area contributed by atoms with Crippen LogP contribution in [0.5, 0.6) is 11.5 Å². The maximum atomic E-state index is 11.0. The molecule has 2 aromatic heterocycles. The highest BCUT2D eigenvalue weighted by atomic mass is 35.5. The molecule has 0 spiro atoms. The van der Waals surface area contributed by atoms with Gasteiger partial charge in [-0.15, -0.1) is 0 Å². The first-order chi connectivity index (χ1) is 12.3. The number of halogens is 1. The van der Waals surface area contributed by atoms with Crippen LogP contribution in [0.1, 0.15) is 11.3 Å². The average molecular weight is 373 g/mol. The molecule has 0 bridgehead atoms. The summed E-state index contributed by atoms with van der Waals surface area (Å²) in [4.78, 5) is 23.0. The average Bonchev–Trinajstić information content (AvgIpc) is 2.56. The molecule has 0 aliphatic carbocycles. The van der Waals surface area contributed by atoms with Gasteiger partial charge in [-0.2, -0.15) is 0 Å². The van der Waals surface area contributed by atoms with Gasteiger partial charge in [0.1, 0.15) is 5.15 Å². The zero-order chi connectivity index (χ0) is 19.0. The molecule has 0 amide bonds. The highest BCUT2D eigenvalue weighted by molar-refractivity contribution is 6.32. The summed E-state index contributed by atoms with van der Waals surface area (Å²) in [5, 5.41) is 30.7. The minimum Gasteiger partial charge on any atom is -0.504 e. The van der Waals surface area contributed by atoms with Crippen LogP contribution in [0.15, 0.2) is 30.5 Å². The lowest BCUT2D eigenvalue weighted by Gasteiger charge is -2.09. The number of phenols is 2. The molecule has 132 valence electrons. The van der Waals surface area contributed by atoms with Crippen molar-refractivity contribution in [3.05, 3.63) is 57.0 Å². The molecule has 1 aromatic carbocycles. The van der Waals surface area contributed by atoms with E-state index in [1.54, 1.807) is 0 Å². The van der Waals surface area contributed by atoms with Crippen molar-refractivity contribution in [2.75, 3.05) is 0 Å². The van der Waals surface area contributed by atoms with E-state index < -0.39 is 22.1 Å². The lowest BCUT2D eigenvalue weighted by Crippen LogP contribution is -1.98. The van der Waals surface area contributed by atoms with Crippen LogP contribution in [0.3, 0.4) is 0 Å². The monoisotopic (exact) mass is 372 g/mol. The molecular weight excluding hydrogens is 360 g/mol. The Bertz CT molecular complexity index is 1020. The number of phenolic OH excluding ortho intramolecular Hbond substituents is 2. The molecule has 3 aromatic rings. The summed E-state index contributed by atoms with van der Waals surface area (Å²) in [7, 11) is 0. The predicted molar refractivity (Wildman–Crippen MR) is 95.2 cm³/mol. The summed E-state index contributed by atoms with van der Waals surface area (Å²) in [6, 6.07) is 5.69. The number of benzene rings is 1. The van der Waals surface area contributed by atoms with Gasteiger partial charge in [0.2, 0.25) is 5.75 Å². The highest BCUT2D eigenvalue weighted by Crippen LogP contribution is 2.39. The summed E-state index contributed by atoms with van der Waals surface area (Å²) in [6.45, 7) is 3.67. The van der Waals surface area contributed by atoms with E-state index >= 15 is 0 Å². The third-order valence-corrected chi connectivity index (χ3v) is 4.02. The highest BCUT2D eigenvalue weighted by Gasteiger charge is 2.21. The van der Waals surface area contributed by atoms with E-state index in [1.165, 1.54) is 18.3 Å². The van der Waals surface area contributed by atoms with Gasteiger partial charge in [0.25, 0.3) is 0 Å². The Labute approximate surface area is 152 Å². The molecule has 2 N–H and O–H groups in total. The molecule has 0 aliphatic heterocycles. The first kappa shape index (κ1) is 17.6. The SMILES string of the molecule is Cc1cc(C)c(-c2nccc(-c3cc(O)c(O)c([N+](=O)[O-])c3)n2)c(Cl)n1. The van der Waals surface area contributed by atoms with E-state index in [9.17, 15) is 20.3 Å². The molecule has 0 unspecified atom stereocenters. The lowest BCUT2D eigenvalue weighted by atomic mass is 10.1. The van der Waals surface area contributed by atoms with Crippen molar-refractivity contribution in [1.82, 2.24) is 15.0 Å². The first-order valence-corrected chi connectivity index (χ1v) is 7.83. The van der Waals surface area contributed by atoms with Crippen LogP contribution in [-0.2, 0) is 0 Å². The van der Waals surface area contributed by atoms with Crippen molar-refractivity contribution in [3.8, 4) is 34.1 Å². The summed E-state index contributed by atoms with van der Waals surface area (Å²) in [5.41, 5.74) is 2.10. The Morgan fingerprint density at radius 3 is 2.54 bits per heavy atom. The van der Waals surface area contributed by atoms with E-state index in [1.807, 2.05) is 19.9 Å². The Morgan fingerprint density at radius 2 is 1.88 bits per heavy atom. The minimum absolute atomic E-state index is 0.249. The van der Waals surface area contributed by atoms with Crippen molar-refractivity contribution >= 4 is 17.3 Å².